The highest BCUT2D eigenvalue weighted by atomic mass is 127. The van der Waals surface area contributed by atoms with E-state index in [1.165, 1.54) is 11.4 Å². The second kappa shape index (κ2) is 9.84. The monoisotopic (exact) mass is 458 g/mol. The van der Waals surface area contributed by atoms with Crippen LogP contribution in [0.5, 0.6) is 0 Å². The first-order chi connectivity index (χ1) is 11.4. The lowest BCUT2D eigenvalue weighted by atomic mass is 10.2. The van der Waals surface area contributed by atoms with Crippen LogP contribution in [0.4, 0.5) is 0 Å². The van der Waals surface area contributed by atoms with Crippen molar-refractivity contribution in [3.63, 3.8) is 0 Å². The molecule has 2 rings (SSSR count). The highest BCUT2D eigenvalue weighted by molar-refractivity contribution is 14.0. The molecule has 7 heteroatoms. The van der Waals surface area contributed by atoms with Crippen LogP contribution < -0.4 is 5.32 Å². The Morgan fingerprint density at radius 2 is 2.12 bits per heavy atom. The Morgan fingerprint density at radius 1 is 1.40 bits per heavy atom. The molecule has 2 aromatic rings. The molecule has 2 heterocycles. The molecule has 0 spiro atoms. The number of aliphatic imine (C=N–C) groups is 1. The van der Waals surface area contributed by atoms with Crippen LogP contribution >= 0.6 is 24.0 Å². The summed E-state index contributed by atoms with van der Waals surface area (Å²) in [5.74, 6) is 1.37. The molecule has 0 amide bonds. The number of nitrogens with one attached hydrogen (secondary N) is 1. The Kier molecular flexibility index (Phi) is 8.47. The molecule has 1 atom stereocenters. The summed E-state index contributed by atoms with van der Waals surface area (Å²) < 4.78 is 4.22. The summed E-state index contributed by atoms with van der Waals surface area (Å²) in [6.07, 6.45) is 2.07. The smallest absolute Gasteiger partial charge is 0.193 e. The largest absolute Gasteiger partial charge is 0.356 e. The van der Waals surface area contributed by atoms with E-state index >= 15 is 0 Å². The number of nitrogens with zero attached hydrogens (tertiary/aromatic N) is 5. The van der Waals surface area contributed by atoms with E-state index in [1.807, 2.05) is 14.0 Å². The van der Waals surface area contributed by atoms with Gasteiger partial charge >= 0.3 is 0 Å². The predicted molar refractivity (Wildman–Crippen MR) is 115 cm³/mol. The lowest BCUT2D eigenvalue weighted by Crippen LogP contribution is -2.41. The van der Waals surface area contributed by atoms with Crippen molar-refractivity contribution in [2.45, 2.75) is 33.9 Å². The van der Waals surface area contributed by atoms with Crippen molar-refractivity contribution in [2.75, 3.05) is 20.6 Å². The third kappa shape index (κ3) is 6.05. The molecule has 0 fully saturated rings. The van der Waals surface area contributed by atoms with Gasteiger partial charge in [-0.1, -0.05) is 6.92 Å². The molecule has 1 unspecified atom stereocenters. The minimum atomic E-state index is 0. The summed E-state index contributed by atoms with van der Waals surface area (Å²) in [6, 6.07) is 6.32. The average molecular weight is 458 g/mol. The SMILES string of the molecule is CN=C(NCC(C)Cn1nc(C)cc1C)N(C)Cc1cccn1C.I. The zero-order valence-corrected chi connectivity index (χ0v) is 18.5. The third-order valence-corrected chi connectivity index (χ3v) is 4.22. The van der Waals surface area contributed by atoms with Crippen molar-refractivity contribution in [1.29, 1.82) is 0 Å². The van der Waals surface area contributed by atoms with Crippen LogP contribution in [0.2, 0.25) is 0 Å². The van der Waals surface area contributed by atoms with Crippen molar-refractivity contribution in [1.82, 2.24) is 24.6 Å². The second-order valence-electron chi connectivity index (χ2n) is 6.61. The Labute approximate surface area is 168 Å². The predicted octanol–water partition coefficient (Wildman–Crippen LogP) is 2.80. The summed E-state index contributed by atoms with van der Waals surface area (Å²) in [7, 11) is 5.96. The first-order valence-corrected chi connectivity index (χ1v) is 8.43. The van der Waals surface area contributed by atoms with E-state index in [2.05, 4.69) is 81.9 Å². The molecule has 2 aromatic heterocycles. The summed E-state index contributed by atoms with van der Waals surface area (Å²) in [4.78, 5) is 6.54. The molecule has 0 aliphatic rings. The highest BCUT2D eigenvalue weighted by Gasteiger charge is 2.11. The zero-order chi connectivity index (χ0) is 17.7. The van der Waals surface area contributed by atoms with Gasteiger partial charge < -0.3 is 14.8 Å². The Morgan fingerprint density at radius 3 is 2.64 bits per heavy atom. The standard InChI is InChI=1S/C18H30N6.HI/c1-14(12-24-16(3)10-15(2)21-24)11-20-18(19-4)23(6)13-17-8-7-9-22(17)5;/h7-10,14H,11-13H2,1-6H3,(H,19,20);1H. The number of aryl methyl sites for hydroxylation is 3. The highest BCUT2D eigenvalue weighted by Crippen LogP contribution is 2.07. The third-order valence-electron chi connectivity index (χ3n) is 4.22. The van der Waals surface area contributed by atoms with Crippen molar-refractivity contribution in [2.24, 2.45) is 18.0 Å². The van der Waals surface area contributed by atoms with E-state index in [0.717, 1.165) is 31.3 Å². The van der Waals surface area contributed by atoms with Gasteiger partial charge in [0, 0.05) is 51.8 Å². The maximum atomic E-state index is 4.54. The van der Waals surface area contributed by atoms with E-state index in [0.29, 0.717) is 5.92 Å². The molecule has 0 aliphatic carbocycles. The van der Waals surface area contributed by atoms with Gasteiger partial charge in [0.25, 0.3) is 0 Å². The molecule has 6 nitrogen and oxygen atoms in total. The quantitative estimate of drug-likeness (QED) is 0.412. The molecular weight excluding hydrogens is 427 g/mol. The Balaban J connectivity index is 0.00000312. The van der Waals surface area contributed by atoms with Gasteiger partial charge in [0.15, 0.2) is 5.96 Å². The van der Waals surface area contributed by atoms with Crippen molar-refractivity contribution in [3.8, 4) is 0 Å². The van der Waals surface area contributed by atoms with Crippen LogP contribution in [-0.4, -0.2) is 45.8 Å². The van der Waals surface area contributed by atoms with Crippen LogP contribution in [0.15, 0.2) is 29.4 Å². The summed E-state index contributed by atoms with van der Waals surface area (Å²) in [6.45, 7) is 8.97. The van der Waals surface area contributed by atoms with Crippen LogP contribution in [0.1, 0.15) is 24.0 Å². The molecule has 0 saturated carbocycles. The van der Waals surface area contributed by atoms with Gasteiger partial charge in [0.2, 0.25) is 0 Å². The molecule has 25 heavy (non-hydrogen) atoms. The number of guanidine groups is 1. The van der Waals surface area contributed by atoms with Gasteiger partial charge in [-0.15, -0.1) is 24.0 Å². The average Bonchev–Trinajstić information content (AvgIpc) is 3.05. The van der Waals surface area contributed by atoms with Gasteiger partial charge in [0.05, 0.1) is 12.2 Å². The van der Waals surface area contributed by atoms with Crippen molar-refractivity contribution >= 4 is 29.9 Å². The first kappa shape index (κ1) is 21.5. The van der Waals surface area contributed by atoms with E-state index in [1.54, 1.807) is 0 Å². The normalized spacial score (nSPS) is 12.6. The fraction of sp³-hybridized carbons (Fsp3) is 0.556. The summed E-state index contributed by atoms with van der Waals surface area (Å²) >= 11 is 0. The summed E-state index contributed by atoms with van der Waals surface area (Å²) in [5.41, 5.74) is 3.55. The number of hydrogen-bond donors (Lipinski definition) is 1. The maximum Gasteiger partial charge on any atom is 0.193 e. The van der Waals surface area contributed by atoms with Gasteiger partial charge in [-0.25, -0.2) is 0 Å². The molecule has 0 aliphatic heterocycles. The van der Waals surface area contributed by atoms with E-state index in [-0.39, 0.29) is 24.0 Å². The minimum Gasteiger partial charge on any atom is -0.356 e. The molecule has 140 valence electrons. The Bertz CT molecular complexity index is 688. The topological polar surface area (TPSA) is 50.4 Å². The molecule has 0 aromatic carbocycles. The minimum absolute atomic E-state index is 0. The van der Waals surface area contributed by atoms with E-state index < -0.39 is 0 Å². The first-order valence-electron chi connectivity index (χ1n) is 8.43. The maximum absolute atomic E-state index is 4.54. The van der Waals surface area contributed by atoms with Crippen molar-refractivity contribution < 1.29 is 0 Å². The molecule has 0 bridgehead atoms. The van der Waals surface area contributed by atoms with Gasteiger partial charge in [0.1, 0.15) is 0 Å². The number of hydrogen-bond acceptors (Lipinski definition) is 2. The Hall–Kier alpha value is -1.51. The van der Waals surface area contributed by atoms with E-state index in [9.17, 15) is 0 Å². The van der Waals surface area contributed by atoms with Crippen LogP contribution in [0, 0.1) is 19.8 Å². The van der Waals surface area contributed by atoms with E-state index in [4.69, 9.17) is 0 Å². The lowest BCUT2D eigenvalue weighted by molar-refractivity contribution is 0.415. The van der Waals surface area contributed by atoms with Gasteiger partial charge in [-0.3, -0.25) is 9.67 Å². The second-order valence-corrected chi connectivity index (χ2v) is 6.61. The van der Waals surface area contributed by atoms with Gasteiger partial charge in [-0.2, -0.15) is 5.10 Å². The van der Waals surface area contributed by atoms with Crippen LogP contribution in [0.3, 0.4) is 0 Å². The van der Waals surface area contributed by atoms with Crippen LogP contribution in [-0.2, 0) is 20.1 Å². The van der Waals surface area contributed by atoms with Crippen molar-refractivity contribution in [3.05, 3.63) is 41.5 Å². The molecule has 0 saturated heterocycles. The van der Waals surface area contributed by atoms with Gasteiger partial charge in [-0.05, 0) is 38.0 Å². The molecule has 0 radical (unpaired) electrons. The zero-order valence-electron chi connectivity index (χ0n) is 16.2. The molecular formula is C18H31IN6. The fourth-order valence-electron chi connectivity index (χ4n) is 2.85. The fourth-order valence-corrected chi connectivity index (χ4v) is 2.85. The number of rotatable bonds is 6. The lowest BCUT2D eigenvalue weighted by Gasteiger charge is -2.24. The number of halogens is 1. The van der Waals surface area contributed by atoms with Crippen LogP contribution in [0.25, 0.3) is 0 Å². The number of aromatic nitrogens is 3. The summed E-state index contributed by atoms with van der Waals surface area (Å²) in [5, 5.41) is 8.01. The molecule has 1 N–H and O–H groups in total.